The lowest BCUT2D eigenvalue weighted by Gasteiger charge is -1.99. The molecule has 0 aromatic rings. The Labute approximate surface area is 74.7 Å². The number of methoxy groups -OCH3 is 1. The van der Waals surface area contributed by atoms with Crippen LogP contribution in [0.5, 0.6) is 0 Å². The summed E-state index contributed by atoms with van der Waals surface area (Å²) in [4.78, 5) is 24.2. The molecule has 72 valence electrons. The Kier molecular flexibility index (Phi) is 4.21. The number of aliphatic hydroxyl groups excluding tert-OH is 1. The monoisotopic (exact) mass is 186 g/mol. The van der Waals surface area contributed by atoms with Gasteiger partial charge in [-0.3, -0.25) is 0 Å². The molecular weight excluding hydrogens is 176 g/mol. The van der Waals surface area contributed by atoms with Crippen LogP contribution in [0.2, 0.25) is 0 Å². The number of carbonyl (C=O) groups is 2. The Bertz CT molecular complexity index is 276. The first-order valence-corrected chi connectivity index (χ1v) is 3.30. The number of carbonyl (C=O) groups excluding carboxylic acids is 2. The number of aliphatic imine (C=N–C) groups is 1. The molecule has 0 aromatic carbocycles. The van der Waals surface area contributed by atoms with Gasteiger partial charge in [-0.25, -0.2) is 14.6 Å². The summed E-state index contributed by atoms with van der Waals surface area (Å²) in [5, 5.41) is 8.96. The highest BCUT2D eigenvalue weighted by atomic mass is 16.5. The summed E-state index contributed by atoms with van der Waals surface area (Å²) in [6.07, 6.45) is 0.851. The lowest BCUT2D eigenvalue weighted by molar-refractivity contribution is -0.135. The highest BCUT2D eigenvalue weighted by molar-refractivity contribution is 6.11. The second-order valence-electron chi connectivity index (χ2n) is 2.09. The highest BCUT2D eigenvalue weighted by Gasteiger charge is 2.10. The van der Waals surface area contributed by atoms with Crippen LogP contribution in [0.1, 0.15) is 6.92 Å². The third kappa shape index (κ3) is 3.90. The van der Waals surface area contributed by atoms with Crippen LogP contribution in [-0.2, 0) is 9.53 Å². The van der Waals surface area contributed by atoms with Crippen molar-refractivity contribution in [3.63, 3.8) is 0 Å². The summed E-state index contributed by atoms with van der Waals surface area (Å²) in [5.41, 5.74) is 4.48. The van der Waals surface area contributed by atoms with Gasteiger partial charge >= 0.3 is 12.0 Å². The van der Waals surface area contributed by atoms with Crippen molar-refractivity contribution in [1.82, 2.24) is 0 Å². The van der Waals surface area contributed by atoms with Crippen LogP contribution in [-0.4, -0.2) is 30.4 Å². The van der Waals surface area contributed by atoms with E-state index in [1.165, 1.54) is 6.92 Å². The van der Waals surface area contributed by atoms with Gasteiger partial charge in [0.2, 0.25) is 0 Å². The number of primary amides is 1. The van der Waals surface area contributed by atoms with Crippen LogP contribution in [0, 0.1) is 0 Å². The second-order valence-corrected chi connectivity index (χ2v) is 2.09. The zero-order valence-electron chi connectivity index (χ0n) is 7.27. The molecule has 0 heterocycles. The molecule has 0 aliphatic rings. The first-order valence-electron chi connectivity index (χ1n) is 3.30. The minimum Gasteiger partial charge on any atom is -0.512 e. The molecule has 0 fully saturated rings. The van der Waals surface area contributed by atoms with Gasteiger partial charge in [0.1, 0.15) is 11.3 Å². The maximum atomic E-state index is 10.9. The average Bonchev–Trinajstić information content (AvgIpc) is 2.03. The number of esters is 1. The van der Waals surface area contributed by atoms with E-state index in [0.29, 0.717) is 0 Å². The molecule has 0 atom stereocenters. The minimum absolute atomic E-state index is 0.207. The van der Waals surface area contributed by atoms with Crippen molar-refractivity contribution in [3.05, 3.63) is 11.3 Å². The molecule has 2 amide bonds. The molecule has 0 saturated heterocycles. The number of nitrogens with two attached hydrogens (primary N) is 1. The van der Waals surface area contributed by atoms with Crippen molar-refractivity contribution >= 4 is 18.2 Å². The molecule has 0 spiro atoms. The van der Waals surface area contributed by atoms with Crippen molar-refractivity contribution in [2.24, 2.45) is 10.7 Å². The molecule has 0 radical (unpaired) electrons. The van der Waals surface area contributed by atoms with E-state index < -0.39 is 12.0 Å². The number of amides is 2. The van der Waals surface area contributed by atoms with Crippen LogP contribution in [0.15, 0.2) is 16.3 Å². The molecular formula is C7H10N2O4. The normalized spacial score (nSPS) is 12.5. The Hall–Kier alpha value is -1.85. The molecule has 0 bridgehead atoms. The topological polar surface area (TPSA) is 102 Å². The van der Waals surface area contributed by atoms with Gasteiger partial charge in [-0.15, -0.1) is 0 Å². The van der Waals surface area contributed by atoms with Crippen molar-refractivity contribution in [1.29, 1.82) is 0 Å². The molecule has 0 aliphatic heterocycles. The average molecular weight is 186 g/mol. The molecule has 0 unspecified atom stereocenters. The van der Waals surface area contributed by atoms with Crippen LogP contribution in [0.3, 0.4) is 0 Å². The van der Waals surface area contributed by atoms with Crippen LogP contribution >= 0.6 is 0 Å². The summed E-state index contributed by atoms with van der Waals surface area (Å²) in [6, 6.07) is -0.956. The molecule has 6 heteroatoms. The maximum Gasteiger partial charge on any atom is 0.342 e. The number of nitrogens with zero attached hydrogens (tertiary/aromatic N) is 1. The number of ether oxygens (including phenoxy) is 1. The van der Waals surface area contributed by atoms with Gasteiger partial charge in [-0.1, -0.05) is 0 Å². The Morgan fingerprint density at radius 1 is 1.54 bits per heavy atom. The van der Waals surface area contributed by atoms with E-state index in [1.54, 1.807) is 0 Å². The Morgan fingerprint density at radius 3 is 2.38 bits per heavy atom. The number of rotatable bonds is 2. The zero-order valence-corrected chi connectivity index (χ0v) is 7.27. The van der Waals surface area contributed by atoms with E-state index in [-0.39, 0.29) is 11.3 Å². The standard InChI is InChI=1S/C7H10N2O4/c1-4(10)5(6(11)13-2)3-9-7(8)12/h3,10H,1-2H3,(H2,8,12)/b5-4-,9-3+. The molecule has 0 rings (SSSR count). The van der Waals surface area contributed by atoms with E-state index in [2.05, 4.69) is 15.5 Å². The van der Waals surface area contributed by atoms with Crippen molar-refractivity contribution in [3.8, 4) is 0 Å². The number of hydrogen-bond acceptors (Lipinski definition) is 4. The third-order valence-electron chi connectivity index (χ3n) is 1.12. The van der Waals surface area contributed by atoms with E-state index in [4.69, 9.17) is 5.11 Å². The molecule has 3 N–H and O–H groups in total. The van der Waals surface area contributed by atoms with Crippen molar-refractivity contribution in [2.75, 3.05) is 7.11 Å². The summed E-state index contributed by atoms with van der Waals surface area (Å²) in [6.45, 7) is 1.26. The number of aliphatic hydroxyl groups is 1. The maximum absolute atomic E-state index is 10.9. The zero-order chi connectivity index (χ0) is 10.4. The second kappa shape index (κ2) is 4.91. The van der Waals surface area contributed by atoms with Crippen LogP contribution in [0.25, 0.3) is 0 Å². The molecule has 6 nitrogen and oxygen atoms in total. The van der Waals surface area contributed by atoms with Gasteiger partial charge in [0.25, 0.3) is 0 Å². The molecule has 0 aliphatic carbocycles. The highest BCUT2D eigenvalue weighted by Crippen LogP contribution is 2.00. The third-order valence-corrected chi connectivity index (χ3v) is 1.12. The number of hydrogen-bond donors (Lipinski definition) is 2. The molecule has 0 aromatic heterocycles. The van der Waals surface area contributed by atoms with Crippen LogP contribution in [0.4, 0.5) is 4.79 Å². The van der Waals surface area contributed by atoms with Gasteiger partial charge in [0.05, 0.1) is 13.3 Å². The van der Waals surface area contributed by atoms with Gasteiger partial charge in [-0.2, -0.15) is 0 Å². The van der Waals surface area contributed by atoms with Gasteiger partial charge < -0.3 is 15.6 Å². The smallest absolute Gasteiger partial charge is 0.342 e. The van der Waals surface area contributed by atoms with E-state index in [0.717, 1.165) is 13.3 Å². The first kappa shape index (κ1) is 11.2. The predicted molar refractivity (Wildman–Crippen MR) is 45.4 cm³/mol. The Morgan fingerprint density at radius 2 is 2.08 bits per heavy atom. The van der Waals surface area contributed by atoms with Gasteiger partial charge in [0, 0.05) is 0 Å². The van der Waals surface area contributed by atoms with Crippen molar-refractivity contribution < 1.29 is 19.4 Å². The summed E-state index contributed by atoms with van der Waals surface area (Å²) in [7, 11) is 1.14. The minimum atomic E-state index is -0.956. The fourth-order valence-corrected chi connectivity index (χ4v) is 0.532. The van der Waals surface area contributed by atoms with E-state index >= 15 is 0 Å². The largest absolute Gasteiger partial charge is 0.512 e. The van der Waals surface area contributed by atoms with E-state index in [1.807, 2.05) is 0 Å². The SMILES string of the molecule is COC(=O)C(/C=N/C(N)=O)=C(/C)O. The fraction of sp³-hybridized carbons (Fsp3) is 0.286. The molecule has 0 saturated carbocycles. The number of urea groups is 1. The summed E-state index contributed by atoms with van der Waals surface area (Å²) < 4.78 is 4.31. The lowest BCUT2D eigenvalue weighted by Crippen LogP contribution is -2.11. The van der Waals surface area contributed by atoms with E-state index in [9.17, 15) is 9.59 Å². The van der Waals surface area contributed by atoms with Gasteiger partial charge in [0.15, 0.2) is 0 Å². The lowest BCUT2D eigenvalue weighted by atomic mass is 10.2. The van der Waals surface area contributed by atoms with Crippen LogP contribution < -0.4 is 5.73 Å². The summed E-state index contributed by atoms with van der Waals surface area (Å²) in [5.74, 6) is -1.08. The quantitative estimate of drug-likeness (QED) is 0.277. The summed E-state index contributed by atoms with van der Waals surface area (Å²) >= 11 is 0. The predicted octanol–water partition coefficient (Wildman–Crippen LogP) is 0.141. The fourth-order valence-electron chi connectivity index (χ4n) is 0.532. The van der Waals surface area contributed by atoms with Gasteiger partial charge in [-0.05, 0) is 6.92 Å². The van der Waals surface area contributed by atoms with Crippen molar-refractivity contribution in [2.45, 2.75) is 6.92 Å². The Balaban J connectivity index is 4.77. The molecule has 13 heavy (non-hydrogen) atoms. The number of allylic oxidation sites excluding steroid dienone is 1. The first-order chi connectivity index (χ1) is 5.99.